The van der Waals surface area contributed by atoms with Crippen molar-refractivity contribution in [1.29, 1.82) is 0 Å². The summed E-state index contributed by atoms with van der Waals surface area (Å²) < 4.78 is 37.6. The van der Waals surface area contributed by atoms with Crippen LogP contribution in [-0.4, -0.2) is 21.3 Å². The highest BCUT2D eigenvalue weighted by molar-refractivity contribution is 5.29. The molecular formula is C9H10F3N3O. The number of alkyl halides is 3. The Kier molecular flexibility index (Phi) is 2.49. The highest BCUT2D eigenvalue weighted by Gasteiger charge is 2.44. The monoisotopic (exact) mass is 233 g/mol. The summed E-state index contributed by atoms with van der Waals surface area (Å²) in [6.45, 7) is 0. The molecule has 0 bridgehead atoms. The number of aromatic nitrogens is 2. The van der Waals surface area contributed by atoms with Crippen molar-refractivity contribution in [3.05, 3.63) is 17.5 Å². The van der Waals surface area contributed by atoms with Gasteiger partial charge < -0.3 is 10.8 Å². The van der Waals surface area contributed by atoms with Gasteiger partial charge in [0.1, 0.15) is 0 Å². The Hall–Kier alpha value is -1.37. The van der Waals surface area contributed by atoms with Crippen molar-refractivity contribution >= 4 is 5.95 Å². The van der Waals surface area contributed by atoms with E-state index in [0.29, 0.717) is 5.56 Å². The van der Waals surface area contributed by atoms with E-state index in [-0.39, 0.29) is 24.5 Å². The number of aliphatic hydroxyl groups excluding tert-OH is 1. The summed E-state index contributed by atoms with van der Waals surface area (Å²) in [5, 5.41) is 9.57. The molecule has 0 aromatic carbocycles. The number of nitrogens with two attached hydrogens (primary N) is 1. The molecule has 1 aliphatic rings. The first-order valence-electron chi connectivity index (χ1n) is 4.74. The van der Waals surface area contributed by atoms with Crippen molar-refractivity contribution in [2.45, 2.75) is 25.1 Å². The van der Waals surface area contributed by atoms with E-state index < -0.39 is 18.2 Å². The Bertz CT molecular complexity index is 407. The fourth-order valence-electron chi connectivity index (χ4n) is 1.85. The predicted octanol–water partition coefficient (Wildman–Crippen LogP) is 1.22. The summed E-state index contributed by atoms with van der Waals surface area (Å²) in [6, 6.07) is 0. The maximum Gasteiger partial charge on any atom is 0.392 e. The van der Waals surface area contributed by atoms with Gasteiger partial charge in [0, 0.05) is 18.2 Å². The number of rotatable bonds is 0. The van der Waals surface area contributed by atoms with Gasteiger partial charge in [0.25, 0.3) is 0 Å². The first-order chi connectivity index (χ1) is 7.38. The predicted molar refractivity (Wildman–Crippen MR) is 49.3 cm³/mol. The van der Waals surface area contributed by atoms with Gasteiger partial charge in [-0.1, -0.05) is 0 Å². The Morgan fingerprint density at radius 3 is 2.75 bits per heavy atom. The molecule has 2 unspecified atom stereocenters. The standard InChI is InChI=1S/C9H10F3N3O/c10-9(11,12)4-1-6-5(7(16)2-4)3-14-8(13)15-6/h3-4,7,16H,1-2H2,(H2,13,14,15). The number of nitrogens with zero attached hydrogens (tertiary/aromatic N) is 2. The van der Waals surface area contributed by atoms with Gasteiger partial charge in [0.2, 0.25) is 5.95 Å². The quantitative estimate of drug-likeness (QED) is 0.706. The van der Waals surface area contributed by atoms with Crippen molar-refractivity contribution in [1.82, 2.24) is 9.97 Å². The molecule has 4 nitrogen and oxygen atoms in total. The van der Waals surface area contributed by atoms with Gasteiger partial charge in [-0.05, 0) is 6.42 Å². The van der Waals surface area contributed by atoms with Crippen LogP contribution >= 0.6 is 0 Å². The molecule has 1 aromatic heterocycles. The number of aliphatic hydroxyl groups is 1. The Balaban J connectivity index is 2.35. The summed E-state index contributed by atoms with van der Waals surface area (Å²) in [7, 11) is 0. The van der Waals surface area contributed by atoms with Crippen LogP contribution in [0.2, 0.25) is 0 Å². The van der Waals surface area contributed by atoms with Crippen LogP contribution in [-0.2, 0) is 6.42 Å². The molecule has 2 rings (SSSR count). The lowest BCUT2D eigenvalue weighted by atomic mass is 9.85. The van der Waals surface area contributed by atoms with Crippen LogP contribution in [0.1, 0.15) is 23.8 Å². The molecule has 0 fully saturated rings. The molecule has 7 heteroatoms. The van der Waals surface area contributed by atoms with Gasteiger partial charge in [-0.25, -0.2) is 9.97 Å². The molecule has 16 heavy (non-hydrogen) atoms. The van der Waals surface area contributed by atoms with Gasteiger partial charge in [-0.3, -0.25) is 0 Å². The molecule has 0 saturated heterocycles. The van der Waals surface area contributed by atoms with Crippen molar-refractivity contribution in [2.75, 3.05) is 5.73 Å². The SMILES string of the molecule is Nc1ncc2c(n1)CC(C(F)(F)F)CC2O. The van der Waals surface area contributed by atoms with E-state index in [4.69, 9.17) is 5.73 Å². The third-order valence-electron chi connectivity index (χ3n) is 2.69. The average molecular weight is 233 g/mol. The molecule has 1 heterocycles. The number of fused-ring (bicyclic) bond motifs is 1. The van der Waals surface area contributed by atoms with E-state index in [2.05, 4.69) is 9.97 Å². The third-order valence-corrected chi connectivity index (χ3v) is 2.69. The van der Waals surface area contributed by atoms with Crippen LogP contribution < -0.4 is 5.73 Å². The molecule has 88 valence electrons. The van der Waals surface area contributed by atoms with Crippen LogP contribution in [0.4, 0.5) is 19.1 Å². The molecule has 1 aromatic rings. The highest BCUT2D eigenvalue weighted by Crippen LogP contribution is 2.40. The number of hydrogen-bond acceptors (Lipinski definition) is 4. The normalized spacial score (nSPS) is 25.2. The fraction of sp³-hybridized carbons (Fsp3) is 0.556. The summed E-state index contributed by atoms with van der Waals surface area (Å²) in [4.78, 5) is 7.39. The van der Waals surface area contributed by atoms with E-state index in [1.165, 1.54) is 6.20 Å². The molecule has 0 amide bonds. The second kappa shape index (κ2) is 3.58. The van der Waals surface area contributed by atoms with E-state index in [0.717, 1.165) is 0 Å². The van der Waals surface area contributed by atoms with E-state index >= 15 is 0 Å². The second-order valence-electron chi connectivity index (χ2n) is 3.82. The maximum absolute atomic E-state index is 12.5. The number of anilines is 1. The molecular weight excluding hydrogens is 223 g/mol. The van der Waals surface area contributed by atoms with Crippen LogP contribution in [0.15, 0.2) is 6.20 Å². The van der Waals surface area contributed by atoms with Crippen molar-refractivity contribution in [3.63, 3.8) is 0 Å². The Labute approximate surface area is 89.3 Å². The summed E-state index contributed by atoms with van der Waals surface area (Å²) in [6.07, 6.45) is -4.80. The van der Waals surface area contributed by atoms with Crippen LogP contribution in [0.5, 0.6) is 0 Å². The minimum atomic E-state index is -4.32. The zero-order valence-electron chi connectivity index (χ0n) is 8.20. The third kappa shape index (κ3) is 1.95. The van der Waals surface area contributed by atoms with E-state index in [9.17, 15) is 18.3 Å². The summed E-state index contributed by atoms with van der Waals surface area (Å²) in [5.74, 6) is -1.64. The van der Waals surface area contributed by atoms with Gasteiger partial charge in [0.15, 0.2) is 0 Å². The zero-order valence-corrected chi connectivity index (χ0v) is 8.20. The lowest BCUT2D eigenvalue weighted by Gasteiger charge is -2.28. The number of nitrogen functional groups attached to an aromatic ring is 1. The Morgan fingerprint density at radius 2 is 2.12 bits per heavy atom. The van der Waals surface area contributed by atoms with Crippen molar-refractivity contribution < 1.29 is 18.3 Å². The molecule has 2 atom stereocenters. The van der Waals surface area contributed by atoms with Crippen LogP contribution in [0.3, 0.4) is 0 Å². The fourth-order valence-corrected chi connectivity index (χ4v) is 1.85. The minimum Gasteiger partial charge on any atom is -0.388 e. The zero-order chi connectivity index (χ0) is 11.9. The molecule has 3 N–H and O–H groups in total. The minimum absolute atomic E-state index is 0.0752. The smallest absolute Gasteiger partial charge is 0.388 e. The number of halogens is 3. The van der Waals surface area contributed by atoms with Crippen LogP contribution in [0, 0.1) is 5.92 Å². The topological polar surface area (TPSA) is 72.0 Å². The maximum atomic E-state index is 12.5. The first kappa shape index (κ1) is 11.1. The molecule has 0 spiro atoms. The largest absolute Gasteiger partial charge is 0.392 e. The molecule has 0 aliphatic heterocycles. The van der Waals surface area contributed by atoms with Gasteiger partial charge in [-0.2, -0.15) is 13.2 Å². The average Bonchev–Trinajstić information content (AvgIpc) is 2.15. The lowest BCUT2D eigenvalue weighted by Crippen LogP contribution is -2.31. The van der Waals surface area contributed by atoms with Gasteiger partial charge >= 0.3 is 6.18 Å². The molecule has 0 radical (unpaired) electrons. The van der Waals surface area contributed by atoms with E-state index in [1.54, 1.807) is 0 Å². The summed E-state index contributed by atoms with van der Waals surface area (Å²) in [5.41, 5.74) is 5.83. The van der Waals surface area contributed by atoms with Crippen molar-refractivity contribution in [3.8, 4) is 0 Å². The molecule has 1 aliphatic carbocycles. The highest BCUT2D eigenvalue weighted by atomic mass is 19.4. The Morgan fingerprint density at radius 1 is 1.44 bits per heavy atom. The second-order valence-corrected chi connectivity index (χ2v) is 3.82. The number of hydrogen-bond donors (Lipinski definition) is 2. The van der Waals surface area contributed by atoms with Crippen molar-refractivity contribution in [2.24, 2.45) is 5.92 Å². The first-order valence-corrected chi connectivity index (χ1v) is 4.74. The van der Waals surface area contributed by atoms with Crippen LogP contribution in [0.25, 0.3) is 0 Å². The lowest BCUT2D eigenvalue weighted by molar-refractivity contribution is -0.184. The van der Waals surface area contributed by atoms with Gasteiger partial charge in [-0.15, -0.1) is 0 Å². The summed E-state index contributed by atoms with van der Waals surface area (Å²) >= 11 is 0. The molecule has 0 saturated carbocycles. The van der Waals surface area contributed by atoms with Gasteiger partial charge in [0.05, 0.1) is 17.7 Å². The van der Waals surface area contributed by atoms with E-state index in [1.807, 2.05) is 0 Å².